The van der Waals surface area contributed by atoms with Crippen molar-refractivity contribution in [3.05, 3.63) is 54.6 Å². The molecule has 0 atom stereocenters. The van der Waals surface area contributed by atoms with Gasteiger partial charge in [0.2, 0.25) is 5.75 Å². The third-order valence-corrected chi connectivity index (χ3v) is 3.69. The molecule has 1 aromatic heterocycles. The first-order valence-electron chi connectivity index (χ1n) is 7.79. The van der Waals surface area contributed by atoms with Gasteiger partial charge in [-0.25, -0.2) is 9.37 Å². The number of nitrogens with zero attached hydrogens (tertiary/aromatic N) is 2. The molecule has 0 amide bonds. The molecule has 6 nitrogen and oxygen atoms in total. The number of nitrogens with one attached hydrogen (secondary N) is 1. The van der Waals surface area contributed by atoms with Gasteiger partial charge in [-0.05, 0) is 12.1 Å². The van der Waals surface area contributed by atoms with Crippen LogP contribution in [-0.4, -0.2) is 31.3 Å². The van der Waals surface area contributed by atoms with E-state index in [1.165, 1.54) is 12.1 Å². The molecule has 3 aromatic rings. The number of ether oxygens (including phenoxy) is 3. The van der Waals surface area contributed by atoms with Crippen molar-refractivity contribution >= 4 is 11.5 Å². The first-order valence-corrected chi connectivity index (χ1v) is 7.79. The molecule has 2 aromatic carbocycles. The summed E-state index contributed by atoms with van der Waals surface area (Å²) in [7, 11) is 4.64. The quantitative estimate of drug-likeness (QED) is 0.720. The Hall–Kier alpha value is -3.35. The fourth-order valence-electron chi connectivity index (χ4n) is 2.51. The van der Waals surface area contributed by atoms with Crippen LogP contribution in [0.4, 0.5) is 15.9 Å². The van der Waals surface area contributed by atoms with Gasteiger partial charge in [-0.3, -0.25) is 4.98 Å². The van der Waals surface area contributed by atoms with E-state index in [4.69, 9.17) is 14.2 Å². The van der Waals surface area contributed by atoms with Crippen LogP contribution in [0.25, 0.3) is 11.3 Å². The lowest BCUT2D eigenvalue weighted by Gasteiger charge is -2.15. The third kappa shape index (κ3) is 3.66. The van der Waals surface area contributed by atoms with Crippen LogP contribution in [0.15, 0.2) is 48.8 Å². The van der Waals surface area contributed by atoms with E-state index >= 15 is 0 Å². The molecule has 0 aliphatic carbocycles. The van der Waals surface area contributed by atoms with Crippen molar-refractivity contribution in [2.45, 2.75) is 0 Å². The van der Waals surface area contributed by atoms with Crippen molar-refractivity contribution in [2.24, 2.45) is 0 Å². The molecule has 0 radical (unpaired) electrons. The maximum atomic E-state index is 13.4. The molecular weight excluding hydrogens is 337 g/mol. The van der Waals surface area contributed by atoms with Gasteiger partial charge in [-0.2, -0.15) is 0 Å². The van der Waals surface area contributed by atoms with E-state index in [2.05, 4.69) is 15.3 Å². The predicted octanol–water partition coefficient (Wildman–Crippen LogP) is 4.05. The van der Waals surface area contributed by atoms with Crippen molar-refractivity contribution in [1.82, 2.24) is 9.97 Å². The van der Waals surface area contributed by atoms with Crippen LogP contribution in [0, 0.1) is 5.82 Å². The van der Waals surface area contributed by atoms with Crippen LogP contribution in [0.1, 0.15) is 0 Å². The maximum Gasteiger partial charge on any atom is 0.203 e. The van der Waals surface area contributed by atoms with Gasteiger partial charge in [0.05, 0.1) is 39.4 Å². The first kappa shape index (κ1) is 17.5. The Balaban J connectivity index is 1.93. The molecule has 134 valence electrons. The van der Waals surface area contributed by atoms with Gasteiger partial charge < -0.3 is 19.5 Å². The molecule has 0 fully saturated rings. The van der Waals surface area contributed by atoms with Crippen LogP contribution in [0.5, 0.6) is 17.2 Å². The second-order valence-corrected chi connectivity index (χ2v) is 5.34. The molecule has 1 N–H and O–H groups in total. The van der Waals surface area contributed by atoms with Crippen LogP contribution in [-0.2, 0) is 0 Å². The van der Waals surface area contributed by atoms with Crippen LogP contribution < -0.4 is 19.5 Å². The van der Waals surface area contributed by atoms with Crippen LogP contribution in [0.3, 0.4) is 0 Å². The minimum absolute atomic E-state index is 0.327. The highest BCUT2D eigenvalue weighted by molar-refractivity contribution is 5.68. The molecule has 0 saturated carbocycles. The van der Waals surface area contributed by atoms with Crippen molar-refractivity contribution in [3.63, 3.8) is 0 Å². The lowest BCUT2D eigenvalue weighted by atomic mass is 10.1. The number of halogens is 1. The van der Waals surface area contributed by atoms with Crippen molar-refractivity contribution in [2.75, 3.05) is 26.6 Å². The zero-order chi connectivity index (χ0) is 18.5. The molecule has 0 aliphatic rings. The first-order chi connectivity index (χ1) is 12.6. The van der Waals surface area contributed by atoms with E-state index in [0.717, 1.165) is 0 Å². The Kier molecular flexibility index (Phi) is 5.17. The number of methoxy groups -OCH3 is 3. The van der Waals surface area contributed by atoms with Gasteiger partial charge in [-0.15, -0.1) is 0 Å². The van der Waals surface area contributed by atoms with E-state index in [1.807, 2.05) is 0 Å². The SMILES string of the molecule is COc1cc(Nc2cncc(-c3cccc(F)c3)n2)cc(OC)c1OC. The molecule has 3 rings (SSSR count). The molecule has 0 spiro atoms. The highest BCUT2D eigenvalue weighted by Crippen LogP contribution is 2.40. The van der Waals surface area contributed by atoms with Gasteiger partial charge >= 0.3 is 0 Å². The summed E-state index contributed by atoms with van der Waals surface area (Å²) in [4.78, 5) is 8.65. The van der Waals surface area contributed by atoms with Gasteiger partial charge in [-0.1, -0.05) is 12.1 Å². The molecule has 1 heterocycles. The Bertz CT molecular complexity index is 893. The third-order valence-electron chi connectivity index (χ3n) is 3.69. The second-order valence-electron chi connectivity index (χ2n) is 5.34. The van der Waals surface area contributed by atoms with Gasteiger partial charge in [0.25, 0.3) is 0 Å². The van der Waals surface area contributed by atoms with Gasteiger partial charge in [0.15, 0.2) is 11.5 Å². The average Bonchev–Trinajstić information content (AvgIpc) is 2.67. The van der Waals surface area contributed by atoms with E-state index in [1.54, 1.807) is 58.0 Å². The Morgan fingerprint density at radius 1 is 0.923 bits per heavy atom. The smallest absolute Gasteiger partial charge is 0.203 e. The Labute approximate surface area is 150 Å². The standard InChI is InChI=1S/C19H18FN3O3/c1-24-16-8-14(9-17(25-2)19(16)26-3)22-18-11-21-10-15(23-18)12-5-4-6-13(20)7-12/h4-11H,1-3H3,(H,22,23). The number of hydrogen-bond acceptors (Lipinski definition) is 6. The average molecular weight is 355 g/mol. The summed E-state index contributed by atoms with van der Waals surface area (Å²) in [5.74, 6) is 1.71. The summed E-state index contributed by atoms with van der Waals surface area (Å²) in [5, 5.41) is 3.15. The summed E-state index contributed by atoms with van der Waals surface area (Å²) in [5.41, 5.74) is 1.89. The molecular formula is C19H18FN3O3. The zero-order valence-electron chi connectivity index (χ0n) is 14.6. The summed E-state index contributed by atoms with van der Waals surface area (Å²) >= 11 is 0. The summed E-state index contributed by atoms with van der Waals surface area (Å²) < 4.78 is 29.4. The topological polar surface area (TPSA) is 65.5 Å². The second kappa shape index (κ2) is 7.69. The van der Waals surface area contributed by atoms with E-state index in [9.17, 15) is 4.39 Å². The normalized spacial score (nSPS) is 10.3. The summed E-state index contributed by atoms with van der Waals surface area (Å²) in [6.45, 7) is 0. The van der Waals surface area contributed by atoms with Crippen LogP contribution in [0.2, 0.25) is 0 Å². The monoisotopic (exact) mass is 355 g/mol. The minimum Gasteiger partial charge on any atom is -0.493 e. The summed E-state index contributed by atoms with van der Waals surface area (Å²) in [6.07, 6.45) is 3.15. The molecule has 0 saturated heterocycles. The van der Waals surface area contributed by atoms with Crippen molar-refractivity contribution < 1.29 is 18.6 Å². The van der Waals surface area contributed by atoms with E-state index < -0.39 is 0 Å². The fourth-order valence-corrected chi connectivity index (χ4v) is 2.51. The van der Waals surface area contributed by atoms with Gasteiger partial charge in [0.1, 0.15) is 11.6 Å². The molecule has 7 heteroatoms. The maximum absolute atomic E-state index is 13.4. The molecule has 0 bridgehead atoms. The molecule has 0 aliphatic heterocycles. The minimum atomic E-state index is -0.327. The lowest BCUT2D eigenvalue weighted by Crippen LogP contribution is -2.00. The number of anilines is 2. The van der Waals surface area contributed by atoms with Crippen LogP contribution >= 0.6 is 0 Å². The fraction of sp³-hybridized carbons (Fsp3) is 0.158. The number of aromatic nitrogens is 2. The molecule has 0 unspecified atom stereocenters. The Morgan fingerprint density at radius 2 is 1.65 bits per heavy atom. The largest absolute Gasteiger partial charge is 0.493 e. The number of benzene rings is 2. The Morgan fingerprint density at radius 3 is 2.27 bits per heavy atom. The summed E-state index contributed by atoms with van der Waals surface area (Å²) in [6, 6.07) is 9.72. The zero-order valence-corrected chi connectivity index (χ0v) is 14.6. The highest BCUT2D eigenvalue weighted by Gasteiger charge is 2.14. The highest BCUT2D eigenvalue weighted by atomic mass is 19.1. The van der Waals surface area contributed by atoms with E-state index in [0.29, 0.717) is 40.0 Å². The number of rotatable bonds is 6. The van der Waals surface area contributed by atoms with Crippen molar-refractivity contribution in [1.29, 1.82) is 0 Å². The van der Waals surface area contributed by atoms with E-state index in [-0.39, 0.29) is 5.82 Å². The van der Waals surface area contributed by atoms with Gasteiger partial charge in [0, 0.05) is 23.4 Å². The number of hydrogen-bond donors (Lipinski definition) is 1. The molecule has 26 heavy (non-hydrogen) atoms. The predicted molar refractivity (Wildman–Crippen MR) is 96.8 cm³/mol. The lowest BCUT2D eigenvalue weighted by molar-refractivity contribution is 0.324. The van der Waals surface area contributed by atoms with Crippen molar-refractivity contribution in [3.8, 4) is 28.5 Å².